The van der Waals surface area contributed by atoms with Gasteiger partial charge >= 0.3 is 0 Å². The van der Waals surface area contributed by atoms with Crippen LogP contribution in [0.5, 0.6) is 0 Å². The number of benzene rings is 1. The number of halogens is 1. The Hall–Kier alpha value is -2.13. The fourth-order valence-electron chi connectivity index (χ4n) is 1.49. The maximum Gasteiger partial charge on any atom is 0.270 e. The first-order chi connectivity index (χ1) is 8.99. The molecule has 0 saturated heterocycles. The number of nitro benzene ring substituents is 1. The SMILES string of the molecule is CCCC(C#N)NC(=O)c1cc([N+](=O)[O-])ccc1Cl. The number of nitro groups is 1. The van der Waals surface area contributed by atoms with Gasteiger partial charge in [0.05, 0.1) is 21.6 Å². The summed E-state index contributed by atoms with van der Waals surface area (Å²) < 4.78 is 0. The highest BCUT2D eigenvalue weighted by Crippen LogP contribution is 2.22. The third-order valence-electron chi connectivity index (χ3n) is 2.44. The summed E-state index contributed by atoms with van der Waals surface area (Å²) in [6, 6.07) is 4.92. The van der Waals surface area contributed by atoms with Gasteiger partial charge in [0.1, 0.15) is 6.04 Å². The topological polar surface area (TPSA) is 96.0 Å². The van der Waals surface area contributed by atoms with Crippen LogP contribution in [-0.2, 0) is 0 Å². The monoisotopic (exact) mass is 281 g/mol. The average Bonchev–Trinajstić information content (AvgIpc) is 2.38. The lowest BCUT2D eigenvalue weighted by molar-refractivity contribution is -0.384. The maximum atomic E-state index is 11.9. The maximum absolute atomic E-state index is 11.9. The molecule has 0 aliphatic rings. The molecular weight excluding hydrogens is 270 g/mol. The van der Waals surface area contributed by atoms with E-state index >= 15 is 0 Å². The van der Waals surface area contributed by atoms with Crippen LogP contribution in [0.4, 0.5) is 5.69 Å². The molecule has 0 fully saturated rings. The summed E-state index contributed by atoms with van der Waals surface area (Å²) in [5.41, 5.74) is -0.231. The smallest absolute Gasteiger partial charge is 0.270 e. The molecule has 0 spiro atoms. The summed E-state index contributed by atoms with van der Waals surface area (Å²) in [5.74, 6) is -0.589. The quantitative estimate of drug-likeness (QED) is 0.663. The summed E-state index contributed by atoms with van der Waals surface area (Å²) in [4.78, 5) is 22.0. The van der Waals surface area contributed by atoms with Crippen molar-refractivity contribution in [2.24, 2.45) is 0 Å². The first-order valence-electron chi connectivity index (χ1n) is 5.64. The van der Waals surface area contributed by atoms with Crippen LogP contribution in [0.3, 0.4) is 0 Å². The Morgan fingerprint density at radius 3 is 2.84 bits per heavy atom. The van der Waals surface area contributed by atoms with E-state index in [9.17, 15) is 14.9 Å². The van der Waals surface area contributed by atoms with Crippen LogP contribution in [0.25, 0.3) is 0 Å². The van der Waals surface area contributed by atoms with E-state index in [1.165, 1.54) is 12.1 Å². The van der Waals surface area contributed by atoms with Gasteiger partial charge in [0.2, 0.25) is 0 Å². The zero-order chi connectivity index (χ0) is 14.4. The standard InChI is InChI=1S/C12H12ClN3O3/c1-2-3-8(7-14)15-12(17)10-6-9(16(18)19)4-5-11(10)13/h4-6,8H,2-3H2,1H3,(H,15,17). The minimum atomic E-state index is -0.632. The van der Waals surface area contributed by atoms with Crippen molar-refractivity contribution in [3.63, 3.8) is 0 Å². The Morgan fingerprint density at radius 2 is 2.32 bits per heavy atom. The molecule has 0 saturated carbocycles. The van der Waals surface area contributed by atoms with E-state index in [2.05, 4.69) is 5.32 Å². The van der Waals surface area contributed by atoms with Crippen molar-refractivity contribution < 1.29 is 9.72 Å². The second-order valence-corrected chi connectivity index (χ2v) is 4.27. The highest BCUT2D eigenvalue weighted by molar-refractivity contribution is 6.33. The van der Waals surface area contributed by atoms with Gasteiger partial charge in [0.25, 0.3) is 11.6 Å². The molecule has 7 heteroatoms. The summed E-state index contributed by atoms with van der Waals surface area (Å²) in [7, 11) is 0. The zero-order valence-corrected chi connectivity index (χ0v) is 11.0. The number of hydrogen-bond donors (Lipinski definition) is 1. The van der Waals surface area contributed by atoms with Crippen molar-refractivity contribution in [3.05, 3.63) is 38.9 Å². The van der Waals surface area contributed by atoms with Crippen LogP contribution in [0, 0.1) is 21.4 Å². The van der Waals surface area contributed by atoms with E-state index in [4.69, 9.17) is 16.9 Å². The molecule has 1 N–H and O–H groups in total. The van der Waals surface area contributed by atoms with Gasteiger partial charge in [-0.15, -0.1) is 0 Å². The molecule has 0 bridgehead atoms. The molecule has 0 heterocycles. The molecule has 0 aliphatic heterocycles. The van der Waals surface area contributed by atoms with Crippen LogP contribution in [0.2, 0.25) is 5.02 Å². The van der Waals surface area contributed by atoms with Gasteiger partial charge in [-0.2, -0.15) is 5.26 Å². The Kier molecular flexibility index (Phi) is 5.27. The van der Waals surface area contributed by atoms with E-state index in [0.29, 0.717) is 6.42 Å². The number of carbonyl (C=O) groups is 1. The van der Waals surface area contributed by atoms with Crippen LogP contribution < -0.4 is 5.32 Å². The fourth-order valence-corrected chi connectivity index (χ4v) is 1.70. The molecule has 1 amide bonds. The van der Waals surface area contributed by atoms with E-state index in [-0.39, 0.29) is 16.3 Å². The lowest BCUT2D eigenvalue weighted by atomic mass is 10.1. The highest BCUT2D eigenvalue weighted by Gasteiger charge is 2.18. The largest absolute Gasteiger partial charge is 0.336 e. The van der Waals surface area contributed by atoms with E-state index < -0.39 is 16.9 Å². The second kappa shape index (κ2) is 6.71. The summed E-state index contributed by atoms with van der Waals surface area (Å²) in [6.07, 6.45) is 1.25. The van der Waals surface area contributed by atoms with Crippen molar-refractivity contribution in [2.75, 3.05) is 0 Å². The molecule has 100 valence electrons. The van der Waals surface area contributed by atoms with Crippen LogP contribution >= 0.6 is 11.6 Å². The van der Waals surface area contributed by atoms with Gasteiger partial charge in [-0.05, 0) is 12.5 Å². The molecule has 1 aromatic rings. The van der Waals surface area contributed by atoms with Crippen molar-refractivity contribution in [2.45, 2.75) is 25.8 Å². The normalized spacial score (nSPS) is 11.4. The van der Waals surface area contributed by atoms with Crippen LogP contribution in [-0.4, -0.2) is 16.9 Å². The van der Waals surface area contributed by atoms with Crippen LogP contribution in [0.15, 0.2) is 18.2 Å². The third kappa shape index (κ3) is 3.93. The number of non-ortho nitro benzene ring substituents is 1. The van der Waals surface area contributed by atoms with Crippen molar-refractivity contribution in [1.29, 1.82) is 5.26 Å². The van der Waals surface area contributed by atoms with Gasteiger partial charge in [-0.25, -0.2) is 0 Å². The number of nitrogens with zero attached hydrogens (tertiary/aromatic N) is 2. The van der Waals surface area contributed by atoms with Gasteiger partial charge in [-0.3, -0.25) is 14.9 Å². The molecule has 1 atom stereocenters. The third-order valence-corrected chi connectivity index (χ3v) is 2.77. The molecule has 19 heavy (non-hydrogen) atoms. The highest BCUT2D eigenvalue weighted by atomic mass is 35.5. The zero-order valence-electron chi connectivity index (χ0n) is 10.2. The van der Waals surface area contributed by atoms with Gasteiger partial charge in [0, 0.05) is 12.1 Å². The first-order valence-corrected chi connectivity index (χ1v) is 6.01. The molecule has 1 aromatic carbocycles. The Morgan fingerprint density at radius 1 is 1.63 bits per heavy atom. The molecule has 0 aliphatic carbocycles. The molecule has 0 radical (unpaired) electrons. The van der Waals surface area contributed by atoms with Crippen LogP contribution in [0.1, 0.15) is 30.1 Å². The van der Waals surface area contributed by atoms with Gasteiger partial charge in [-0.1, -0.05) is 24.9 Å². The molecule has 0 aromatic heterocycles. The number of rotatable bonds is 5. The predicted molar refractivity (Wildman–Crippen MR) is 69.9 cm³/mol. The lowest BCUT2D eigenvalue weighted by Crippen LogP contribution is -2.33. The number of nitrogens with one attached hydrogen (secondary N) is 1. The summed E-state index contributed by atoms with van der Waals surface area (Å²) in [5, 5.41) is 22.1. The van der Waals surface area contributed by atoms with Gasteiger partial charge < -0.3 is 5.32 Å². The Labute approximate surface area is 115 Å². The molecule has 1 unspecified atom stereocenters. The van der Waals surface area contributed by atoms with E-state index in [0.717, 1.165) is 12.5 Å². The predicted octanol–water partition coefficient (Wildman–Crippen LogP) is 2.67. The fraction of sp³-hybridized carbons (Fsp3) is 0.333. The lowest BCUT2D eigenvalue weighted by Gasteiger charge is -2.11. The molecule has 6 nitrogen and oxygen atoms in total. The number of hydrogen-bond acceptors (Lipinski definition) is 4. The Bertz CT molecular complexity index is 540. The van der Waals surface area contributed by atoms with Crippen molar-refractivity contribution in [1.82, 2.24) is 5.32 Å². The minimum absolute atomic E-state index is 0.00720. The molecular formula is C12H12ClN3O3. The first kappa shape index (κ1) is 14.9. The van der Waals surface area contributed by atoms with E-state index in [1.54, 1.807) is 0 Å². The van der Waals surface area contributed by atoms with E-state index in [1.807, 2.05) is 13.0 Å². The summed E-state index contributed by atoms with van der Waals surface area (Å²) in [6.45, 7) is 1.89. The number of amides is 1. The summed E-state index contributed by atoms with van der Waals surface area (Å²) >= 11 is 5.83. The molecule has 1 rings (SSSR count). The minimum Gasteiger partial charge on any atom is -0.336 e. The second-order valence-electron chi connectivity index (χ2n) is 3.87. The van der Waals surface area contributed by atoms with Gasteiger partial charge in [0.15, 0.2) is 0 Å². The van der Waals surface area contributed by atoms with Crippen molar-refractivity contribution in [3.8, 4) is 6.07 Å². The average molecular weight is 282 g/mol. The Balaban J connectivity index is 2.96. The number of carbonyl (C=O) groups excluding carboxylic acids is 1. The van der Waals surface area contributed by atoms with Crippen molar-refractivity contribution >= 4 is 23.2 Å². The number of nitriles is 1.